The number of amides is 1. The van der Waals surface area contributed by atoms with E-state index in [1.807, 2.05) is 0 Å². The Labute approximate surface area is 118 Å². The molecular weight excluding hydrogens is 308 g/mol. The Hall–Kier alpha value is -0.270. The Bertz CT molecular complexity index is 346. The van der Waals surface area contributed by atoms with E-state index in [9.17, 15) is 19.8 Å². The minimum Gasteiger partial charge on any atom is -0.469 e. The number of aliphatic hydroxyl groups is 2. The van der Waals surface area contributed by atoms with Gasteiger partial charge in [-0.05, 0) is 6.42 Å². The van der Waals surface area contributed by atoms with E-state index in [0.717, 1.165) is 7.11 Å². The van der Waals surface area contributed by atoms with Gasteiger partial charge in [0.25, 0.3) is 9.70 Å². The highest BCUT2D eigenvalue weighted by molar-refractivity contribution is 6.76. The smallest absolute Gasteiger partial charge is 0.311 e. The topological polar surface area (TPSA) is 95.9 Å². The zero-order valence-electron chi connectivity index (χ0n) is 9.27. The van der Waals surface area contributed by atoms with Crippen molar-refractivity contribution in [3.05, 3.63) is 0 Å². The van der Waals surface area contributed by atoms with Gasteiger partial charge >= 0.3 is 5.97 Å². The number of carbonyl (C=O) groups excluding carboxylic acids is 2. The number of hydrogen-bond acceptors (Lipinski definition) is 5. The average molecular weight is 321 g/mol. The second-order valence-corrected chi connectivity index (χ2v) is 6.21. The quantitative estimate of drug-likeness (QED) is 0.482. The molecule has 1 fully saturated rings. The van der Waals surface area contributed by atoms with E-state index in [1.54, 1.807) is 0 Å². The van der Waals surface area contributed by atoms with Crippen LogP contribution < -0.4 is 5.32 Å². The van der Waals surface area contributed by atoms with E-state index in [1.165, 1.54) is 0 Å². The molecule has 4 atom stereocenters. The minimum absolute atomic E-state index is 0.00148. The lowest BCUT2D eigenvalue weighted by atomic mass is 10.1. The van der Waals surface area contributed by atoms with Crippen molar-refractivity contribution in [2.24, 2.45) is 5.92 Å². The zero-order valence-corrected chi connectivity index (χ0v) is 11.5. The van der Waals surface area contributed by atoms with Gasteiger partial charge in [-0.2, -0.15) is 0 Å². The molecule has 1 aliphatic carbocycles. The normalized spacial score (nSPS) is 32.1. The van der Waals surface area contributed by atoms with Gasteiger partial charge in [0.1, 0.15) is 6.10 Å². The summed E-state index contributed by atoms with van der Waals surface area (Å²) in [4.78, 5) is 22.7. The zero-order chi connectivity index (χ0) is 14.1. The van der Waals surface area contributed by atoms with Crippen LogP contribution in [0.5, 0.6) is 0 Å². The highest BCUT2D eigenvalue weighted by Gasteiger charge is 2.47. The Morgan fingerprint density at radius 2 is 1.83 bits per heavy atom. The first-order valence-electron chi connectivity index (χ1n) is 5.00. The summed E-state index contributed by atoms with van der Waals surface area (Å²) in [5, 5.41) is 21.6. The van der Waals surface area contributed by atoms with Crippen LogP contribution in [0.25, 0.3) is 0 Å². The fraction of sp³-hybridized carbons (Fsp3) is 0.778. The molecule has 0 spiro atoms. The van der Waals surface area contributed by atoms with Crippen molar-refractivity contribution in [2.45, 2.75) is 28.5 Å². The lowest BCUT2D eigenvalue weighted by Gasteiger charge is -2.20. The molecule has 18 heavy (non-hydrogen) atoms. The third kappa shape index (κ3) is 3.39. The molecule has 9 heteroatoms. The number of alkyl halides is 3. The van der Waals surface area contributed by atoms with Gasteiger partial charge in [0, 0.05) is 0 Å². The van der Waals surface area contributed by atoms with Crippen LogP contribution in [-0.2, 0) is 14.3 Å². The summed E-state index contributed by atoms with van der Waals surface area (Å²) in [6, 6.07) is -0.882. The van der Waals surface area contributed by atoms with E-state index < -0.39 is 39.8 Å². The number of nitrogens with one attached hydrogen (secondary N) is 1. The molecule has 104 valence electrons. The molecule has 6 nitrogen and oxygen atoms in total. The fourth-order valence-electron chi connectivity index (χ4n) is 1.81. The van der Waals surface area contributed by atoms with Gasteiger partial charge in [0.05, 0.1) is 25.2 Å². The molecule has 1 aliphatic rings. The van der Waals surface area contributed by atoms with E-state index in [4.69, 9.17) is 34.8 Å². The van der Waals surface area contributed by atoms with E-state index in [2.05, 4.69) is 10.1 Å². The number of rotatable bonds is 2. The van der Waals surface area contributed by atoms with Gasteiger partial charge in [-0.15, -0.1) is 0 Å². The molecule has 0 aromatic rings. The second kappa shape index (κ2) is 5.79. The molecule has 0 saturated heterocycles. The number of ether oxygens (including phenoxy) is 1. The minimum atomic E-state index is -2.17. The fourth-order valence-corrected chi connectivity index (χ4v) is 1.97. The summed E-state index contributed by atoms with van der Waals surface area (Å²) in [5.74, 6) is -2.54. The summed E-state index contributed by atoms with van der Waals surface area (Å²) in [5.41, 5.74) is 0. The summed E-state index contributed by atoms with van der Waals surface area (Å²) < 4.78 is 2.30. The molecule has 0 heterocycles. The first kappa shape index (κ1) is 15.8. The Kier molecular flexibility index (Phi) is 5.08. The number of carbonyl (C=O) groups is 2. The Morgan fingerprint density at radius 1 is 1.28 bits per heavy atom. The van der Waals surface area contributed by atoms with Gasteiger partial charge in [0.15, 0.2) is 0 Å². The van der Waals surface area contributed by atoms with Crippen molar-refractivity contribution in [1.29, 1.82) is 0 Å². The highest BCUT2D eigenvalue weighted by atomic mass is 35.6. The van der Waals surface area contributed by atoms with Crippen molar-refractivity contribution >= 4 is 46.7 Å². The maximum Gasteiger partial charge on any atom is 0.311 e. The Morgan fingerprint density at radius 3 is 2.28 bits per heavy atom. The van der Waals surface area contributed by atoms with Gasteiger partial charge in [-0.25, -0.2) is 0 Å². The molecule has 0 radical (unpaired) electrons. The van der Waals surface area contributed by atoms with E-state index >= 15 is 0 Å². The van der Waals surface area contributed by atoms with Crippen LogP contribution >= 0.6 is 34.8 Å². The second-order valence-electron chi connectivity index (χ2n) is 3.92. The maximum absolute atomic E-state index is 11.4. The molecule has 0 bridgehead atoms. The van der Waals surface area contributed by atoms with Gasteiger partial charge in [0.2, 0.25) is 0 Å². The van der Waals surface area contributed by atoms with Crippen molar-refractivity contribution in [3.8, 4) is 0 Å². The highest BCUT2D eigenvalue weighted by Crippen LogP contribution is 2.30. The van der Waals surface area contributed by atoms with Crippen molar-refractivity contribution in [1.82, 2.24) is 5.32 Å². The standard InChI is InChI=1S/C9H12Cl3NO5/c1-18-7(16)3-2-4(6(15)5(3)14)13-8(17)9(10,11)12/h3-6,14-15H,2H2,1H3,(H,13,17)/t3-,4+,5+,6-/m0/s1. The van der Waals surface area contributed by atoms with Crippen molar-refractivity contribution in [2.75, 3.05) is 7.11 Å². The maximum atomic E-state index is 11.4. The van der Waals surface area contributed by atoms with Crippen LogP contribution in [0.15, 0.2) is 0 Å². The lowest BCUT2D eigenvalue weighted by Crippen LogP contribution is -2.47. The monoisotopic (exact) mass is 319 g/mol. The van der Waals surface area contributed by atoms with Gasteiger partial charge in [-0.3, -0.25) is 9.59 Å². The van der Waals surface area contributed by atoms with E-state index in [-0.39, 0.29) is 6.42 Å². The predicted molar refractivity (Wildman–Crippen MR) is 64.4 cm³/mol. The van der Waals surface area contributed by atoms with E-state index in [0.29, 0.717) is 0 Å². The van der Waals surface area contributed by atoms with Crippen LogP contribution in [0.3, 0.4) is 0 Å². The number of methoxy groups -OCH3 is 1. The van der Waals surface area contributed by atoms with Crippen molar-refractivity contribution < 1.29 is 24.5 Å². The first-order chi connectivity index (χ1) is 8.18. The number of hydrogen-bond donors (Lipinski definition) is 3. The van der Waals surface area contributed by atoms with Crippen LogP contribution in [0.1, 0.15) is 6.42 Å². The van der Waals surface area contributed by atoms with Gasteiger partial charge in [-0.1, -0.05) is 34.8 Å². The van der Waals surface area contributed by atoms with Crippen LogP contribution in [-0.4, -0.2) is 51.2 Å². The third-order valence-electron chi connectivity index (χ3n) is 2.76. The largest absolute Gasteiger partial charge is 0.469 e. The Balaban J connectivity index is 2.70. The number of esters is 1. The molecule has 1 saturated carbocycles. The summed E-state index contributed by atoms with van der Waals surface area (Å²) in [7, 11) is 1.16. The number of aliphatic hydroxyl groups excluding tert-OH is 2. The van der Waals surface area contributed by atoms with Crippen molar-refractivity contribution in [3.63, 3.8) is 0 Å². The SMILES string of the molecule is COC(=O)[C@H]1C[C@@H](NC(=O)C(Cl)(Cl)Cl)[C@H](O)[C@@H]1O. The summed E-state index contributed by atoms with van der Waals surface area (Å²) >= 11 is 16.1. The number of halogens is 3. The molecule has 0 unspecified atom stereocenters. The van der Waals surface area contributed by atoms with Crippen LogP contribution in [0.2, 0.25) is 0 Å². The van der Waals surface area contributed by atoms with Crippen LogP contribution in [0.4, 0.5) is 0 Å². The molecule has 3 N–H and O–H groups in total. The molecule has 0 aliphatic heterocycles. The predicted octanol–water partition coefficient (Wildman–Crippen LogP) is -0.244. The molecule has 0 aromatic heterocycles. The molecule has 1 amide bonds. The molecule has 1 rings (SSSR count). The first-order valence-corrected chi connectivity index (χ1v) is 6.13. The molecular formula is C9H12Cl3NO5. The summed E-state index contributed by atoms with van der Waals surface area (Å²) in [6.45, 7) is 0. The third-order valence-corrected chi connectivity index (χ3v) is 3.28. The summed E-state index contributed by atoms with van der Waals surface area (Å²) in [6.07, 6.45) is -2.66. The molecule has 0 aromatic carbocycles. The van der Waals surface area contributed by atoms with Crippen LogP contribution in [0, 0.1) is 5.92 Å². The lowest BCUT2D eigenvalue weighted by molar-refractivity contribution is -0.149. The van der Waals surface area contributed by atoms with Gasteiger partial charge < -0.3 is 20.3 Å². The average Bonchev–Trinajstić information content (AvgIpc) is 2.55.